The molecule has 1 heterocycles. The zero-order valence-corrected chi connectivity index (χ0v) is 10.9. The van der Waals surface area contributed by atoms with Crippen molar-refractivity contribution in [3.63, 3.8) is 0 Å². The monoisotopic (exact) mass is 226 g/mol. The van der Waals surface area contributed by atoms with Gasteiger partial charge in [-0.05, 0) is 24.7 Å². The number of hydrogen-bond acceptors (Lipinski definition) is 3. The molecule has 0 amide bonds. The van der Waals surface area contributed by atoms with E-state index in [9.17, 15) is 0 Å². The Hall–Kier alpha value is -0.120. The molecular formula is C13H26N2O. The average Bonchev–Trinajstić information content (AvgIpc) is 2.65. The Labute approximate surface area is 99.3 Å². The SMILES string of the molecule is CC(C)(C)C(CN)N1CCOC2CCCC21. The number of hydrogen-bond donors (Lipinski definition) is 1. The summed E-state index contributed by atoms with van der Waals surface area (Å²) in [6, 6.07) is 1.11. The van der Waals surface area contributed by atoms with Gasteiger partial charge in [-0.15, -0.1) is 0 Å². The van der Waals surface area contributed by atoms with Gasteiger partial charge >= 0.3 is 0 Å². The summed E-state index contributed by atoms with van der Waals surface area (Å²) in [6.45, 7) is 9.58. The lowest BCUT2D eigenvalue weighted by Crippen LogP contribution is -2.58. The maximum atomic E-state index is 5.99. The quantitative estimate of drug-likeness (QED) is 0.777. The van der Waals surface area contributed by atoms with Crippen molar-refractivity contribution in [2.24, 2.45) is 11.1 Å². The van der Waals surface area contributed by atoms with E-state index in [4.69, 9.17) is 10.5 Å². The second-order valence-electron chi connectivity index (χ2n) is 6.26. The van der Waals surface area contributed by atoms with Crippen LogP contribution in [-0.4, -0.2) is 42.8 Å². The number of nitrogens with two attached hydrogens (primary N) is 1. The minimum Gasteiger partial charge on any atom is -0.375 e. The lowest BCUT2D eigenvalue weighted by atomic mass is 9.84. The molecule has 3 nitrogen and oxygen atoms in total. The molecule has 16 heavy (non-hydrogen) atoms. The first-order valence-electron chi connectivity index (χ1n) is 6.61. The number of ether oxygens (including phenoxy) is 1. The fourth-order valence-corrected chi connectivity index (χ4v) is 3.33. The van der Waals surface area contributed by atoms with Crippen molar-refractivity contribution >= 4 is 0 Å². The molecule has 2 rings (SSSR count). The van der Waals surface area contributed by atoms with Crippen LogP contribution in [0.3, 0.4) is 0 Å². The van der Waals surface area contributed by atoms with Crippen molar-refractivity contribution in [1.29, 1.82) is 0 Å². The van der Waals surface area contributed by atoms with Crippen molar-refractivity contribution in [3.8, 4) is 0 Å². The van der Waals surface area contributed by atoms with Gasteiger partial charge in [0.15, 0.2) is 0 Å². The maximum Gasteiger partial charge on any atom is 0.0731 e. The van der Waals surface area contributed by atoms with Crippen LogP contribution in [0, 0.1) is 5.41 Å². The molecule has 2 aliphatic rings. The van der Waals surface area contributed by atoms with Gasteiger partial charge in [-0.3, -0.25) is 4.90 Å². The van der Waals surface area contributed by atoms with Crippen LogP contribution in [0.15, 0.2) is 0 Å². The first-order valence-corrected chi connectivity index (χ1v) is 6.61. The molecule has 0 spiro atoms. The Morgan fingerprint density at radius 1 is 1.38 bits per heavy atom. The normalized spacial score (nSPS) is 33.8. The molecule has 2 N–H and O–H groups in total. The van der Waals surface area contributed by atoms with E-state index in [0.29, 0.717) is 18.2 Å². The average molecular weight is 226 g/mol. The van der Waals surface area contributed by atoms with E-state index < -0.39 is 0 Å². The summed E-state index contributed by atoms with van der Waals surface area (Å²) in [7, 11) is 0. The highest BCUT2D eigenvalue weighted by molar-refractivity contribution is 4.95. The Morgan fingerprint density at radius 2 is 2.12 bits per heavy atom. The molecule has 0 bridgehead atoms. The van der Waals surface area contributed by atoms with Gasteiger partial charge in [0.05, 0.1) is 12.7 Å². The summed E-state index contributed by atoms with van der Waals surface area (Å²) in [5.74, 6) is 0. The predicted molar refractivity (Wildman–Crippen MR) is 66.4 cm³/mol. The van der Waals surface area contributed by atoms with Crippen LogP contribution in [0.2, 0.25) is 0 Å². The van der Waals surface area contributed by atoms with Gasteiger partial charge in [-0.25, -0.2) is 0 Å². The lowest BCUT2D eigenvalue weighted by molar-refractivity contribution is -0.0863. The molecule has 0 radical (unpaired) electrons. The molecule has 0 aromatic heterocycles. The minimum atomic E-state index is 0.263. The van der Waals surface area contributed by atoms with Gasteiger partial charge in [0, 0.05) is 25.2 Å². The third-order valence-corrected chi connectivity index (χ3v) is 4.15. The van der Waals surface area contributed by atoms with Gasteiger partial charge in [-0.1, -0.05) is 20.8 Å². The van der Waals surface area contributed by atoms with E-state index in [0.717, 1.165) is 19.7 Å². The lowest BCUT2D eigenvalue weighted by Gasteiger charge is -2.47. The standard InChI is InChI=1S/C13H26N2O/c1-13(2,3)12(9-14)15-7-8-16-11-6-4-5-10(11)15/h10-12H,4-9,14H2,1-3H3. The van der Waals surface area contributed by atoms with E-state index in [-0.39, 0.29) is 5.41 Å². The summed E-state index contributed by atoms with van der Waals surface area (Å²) in [6.07, 6.45) is 4.32. The Balaban J connectivity index is 2.11. The van der Waals surface area contributed by atoms with E-state index in [2.05, 4.69) is 25.7 Å². The predicted octanol–water partition coefficient (Wildman–Crippen LogP) is 1.61. The first-order chi connectivity index (χ1) is 7.54. The van der Waals surface area contributed by atoms with Crippen LogP contribution in [0.5, 0.6) is 0 Å². The molecule has 1 saturated carbocycles. The van der Waals surface area contributed by atoms with Crippen LogP contribution in [0.25, 0.3) is 0 Å². The second kappa shape index (κ2) is 4.63. The highest BCUT2D eigenvalue weighted by atomic mass is 16.5. The fourth-order valence-electron chi connectivity index (χ4n) is 3.33. The highest BCUT2D eigenvalue weighted by Crippen LogP contribution is 2.34. The number of rotatable bonds is 2. The molecule has 0 aromatic carbocycles. The molecule has 3 atom stereocenters. The third-order valence-electron chi connectivity index (χ3n) is 4.15. The van der Waals surface area contributed by atoms with Crippen LogP contribution < -0.4 is 5.73 Å². The molecular weight excluding hydrogens is 200 g/mol. The van der Waals surface area contributed by atoms with Gasteiger partial charge in [-0.2, -0.15) is 0 Å². The van der Waals surface area contributed by atoms with Crippen molar-refractivity contribution < 1.29 is 4.74 Å². The van der Waals surface area contributed by atoms with Crippen molar-refractivity contribution in [3.05, 3.63) is 0 Å². The zero-order valence-electron chi connectivity index (χ0n) is 10.9. The molecule has 3 heteroatoms. The largest absolute Gasteiger partial charge is 0.375 e. The number of fused-ring (bicyclic) bond motifs is 1. The number of morpholine rings is 1. The Bertz CT molecular complexity index is 237. The van der Waals surface area contributed by atoms with Crippen molar-refractivity contribution in [2.75, 3.05) is 19.7 Å². The van der Waals surface area contributed by atoms with Crippen LogP contribution in [-0.2, 0) is 4.74 Å². The minimum absolute atomic E-state index is 0.263. The molecule has 3 unspecified atom stereocenters. The highest BCUT2D eigenvalue weighted by Gasteiger charge is 2.41. The summed E-state index contributed by atoms with van der Waals surface area (Å²) < 4.78 is 5.86. The topological polar surface area (TPSA) is 38.5 Å². The maximum absolute atomic E-state index is 5.99. The fraction of sp³-hybridized carbons (Fsp3) is 1.00. The van der Waals surface area contributed by atoms with Gasteiger partial charge < -0.3 is 10.5 Å². The summed E-state index contributed by atoms with van der Waals surface area (Å²) in [4.78, 5) is 2.63. The van der Waals surface area contributed by atoms with E-state index in [1.807, 2.05) is 0 Å². The molecule has 1 aliphatic heterocycles. The second-order valence-corrected chi connectivity index (χ2v) is 6.26. The molecule has 1 saturated heterocycles. The summed E-state index contributed by atoms with van der Waals surface area (Å²) >= 11 is 0. The molecule has 94 valence electrons. The van der Waals surface area contributed by atoms with Crippen molar-refractivity contribution in [2.45, 2.75) is 58.2 Å². The summed E-state index contributed by atoms with van der Waals surface area (Å²) in [5.41, 5.74) is 6.25. The summed E-state index contributed by atoms with van der Waals surface area (Å²) in [5, 5.41) is 0. The van der Waals surface area contributed by atoms with Gasteiger partial charge in [0.25, 0.3) is 0 Å². The zero-order chi connectivity index (χ0) is 11.8. The van der Waals surface area contributed by atoms with E-state index in [1.165, 1.54) is 19.3 Å². The van der Waals surface area contributed by atoms with E-state index in [1.54, 1.807) is 0 Å². The van der Waals surface area contributed by atoms with Crippen molar-refractivity contribution in [1.82, 2.24) is 4.90 Å². The van der Waals surface area contributed by atoms with Crippen LogP contribution in [0.1, 0.15) is 40.0 Å². The first kappa shape index (κ1) is 12.3. The van der Waals surface area contributed by atoms with Gasteiger partial charge in [0.1, 0.15) is 0 Å². The third kappa shape index (κ3) is 2.27. The van der Waals surface area contributed by atoms with Gasteiger partial charge in [0.2, 0.25) is 0 Å². The Morgan fingerprint density at radius 3 is 2.75 bits per heavy atom. The van der Waals surface area contributed by atoms with Crippen LogP contribution >= 0.6 is 0 Å². The van der Waals surface area contributed by atoms with E-state index >= 15 is 0 Å². The molecule has 2 fully saturated rings. The number of nitrogens with zero attached hydrogens (tertiary/aromatic N) is 1. The van der Waals surface area contributed by atoms with Crippen LogP contribution in [0.4, 0.5) is 0 Å². The smallest absolute Gasteiger partial charge is 0.0731 e. The molecule has 1 aliphatic carbocycles. The molecule has 0 aromatic rings. The Kier molecular flexibility index (Phi) is 3.57.